The van der Waals surface area contributed by atoms with E-state index in [1.54, 1.807) is 0 Å². The first-order chi connectivity index (χ1) is 15.5. The SMILES string of the molecule is C[C@@H](NC(=O)c1ccc(=O)n(-c2ccccc2OC(F)F)n1)c1cc(N)cc(C(F)(F)F)c1. The minimum atomic E-state index is -4.63. The Hall–Kier alpha value is -3.96. The van der Waals surface area contributed by atoms with E-state index in [0.29, 0.717) is 4.68 Å². The number of para-hydroxylation sites is 2. The quantitative estimate of drug-likeness (QED) is 0.422. The summed E-state index contributed by atoms with van der Waals surface area (Å²) in [5, 5.41) is 6.37. The Balaban J connectivity index is 1.90. The van der Waals surface area contributed by atoms with Crippen molar-refractivity contribution in [3.63, 3.8) is 0 Å². The predicted octanol–water partition coefficient (Wildman–Crippen LogP) is 3.93. The van der Waals surface area contributed by atoms with Gasteiger partial charge in [0.05, 0.1) is 11.6 Å². The maximum atomic E-state index is 13.1. The van der Waals surface area contributed by atoms with Gasteiger partial charge in [-0.15, -0.1) is 0 Å². The van der Waals surface area contributed by atoms with E-state index in [1.165, 1.54) is 37.3 Å². The van der Waals surface area contributed by atoms with Gasteiger partial charge in [0.15, 0.2) is 5.75 Å². The molecular weight excluding hydrogens is 451 g/mol. The summed E-state index contributed by atoms with van der Waals surface area (Å²) in [6.07, 6.45) is -4.63. The second-order valence-electron chi connectivity index (χ2n) is 6.90. The van der Waals surface area contributed by atoms with E-state index in [-0.39, 0.29) is 28.4 Å². The standard InChI is InChI=1S/C21H17F5N4O3/c1-11(12-8-13(21(24,25)26)10-14(27)9-12)28-19(32)15-6-7-18(31)30(29-15)16-4-2-3-5-17(16)33-20(22)23/h2-11,20H,27H2,1H3,(H,28,32)/t11-/m1/s1. The third-order valence-electron chi connectivity index (χ3n) is 4.50. The molecule has 0 aliphatic carbocycles. The number of ether oxygens (including phenoxy) is 1. The molecule has 0 saturated heterocycles. The summed E-state index contributed by atoms with van der Waals surface area (Å²) in [4.78, 5) is 24.9. The molecule has 7 nitrogen and oxygen atoms in total. The number of benzene rings is 2. The number of nitrogen functional groups attached to an aromatic ring is 1. The van der Waals surface area contributed by atoms with Crippen LogP contribution in [0.4, 0.5) is 27.6 Å². The molecule has 0 aliphatic heterocycles. The second-order valence-corrected chi connectivity index (χ2v) is 6.90. The highest BCUT2D eigenvalue weighted by Crippen LogP contribution is 2.32. The van der Waals surface area contributed by atoms with E-state index in [4.69, 9.17) is 5.73 Å². The molecular formula is C21H17F5N4O3. The molecule has 0 spiro atoms. The minimum Gasteiger partial charge on any atom is -0.433 e. The van der Waals surface area contributed by atoms with Crippen LogP contribution in [0.3, 0.4) is 0 Å². The molecule has 1 heterocycles. The number of nitrogens with two attached hydrogens (primary N) is 1. The Kier molecular flexibility index (Phi) is 6.65. The fourth-order valence-electron chi connectivity index (χ4n) is 2.98. The van der Waals surface area contributed by atoms with Crippen LogP contribution < -0.4 is 21.3 Å². The molecule has 0 fully saturated rings. The molecule has 2 aromatic carbocycles. The molecule has 0 saturated carbocycles. The predicted molar refractivity (Wildman–Crippen MR) is 108 cm³/mol. The van der Waals surface area contributed by atoms with Crippen molar-refractivity contribution in [2.75, 3.05) is 5.73 Å². The summed E-state index contributed by atoms with van der Waals surface area (Å²) in [5.41, 5.74) is 3.41. The van der Waals surface area contributed by atoms with Gasteiger partial charge in [0, 0.05) is 11.8 Å². The number of nitrogens with zero attached hydrogens (tertiary/aromatic N) is 2. The lowest BCUT2D eigenvalue weighted by Gasteiger charge is -2.17. The van der Waals surface area contributed by atoms with Crippen molar-refractivity contribution < 1.29 is 31.5 Å². The van der Waals surface area contributed by atoms with Crippen LogP contribution in [0.25, 0.3) is 5.69 Å². The van der Waals surface area contributed by atoms with Gasteiger partial charge < -0.3 is 15.8 Å². The van der Waals surface area contributed by atoms with E-state index in [1.807, 2.05) is 0 Å². The van der Waals surface area contributed by atoms with Crippen LogP contribution in [-0.4, -0.2) is 22.3 Å². The zero-order valence-corrected chi connectivity index (χ0v) is 16.9. The summed E-state index contributed by atoms with van der Waals surface area (Å²) in [6.45, 7) is -1.72. The highest BCUT2D eigenvalue weighted by atomic mass is 19.4. The topological polar surface area (TPSA) is 99.2 Å². The Morgan fingerprint density at radius 2 is 1.82 bits per heavy atom. The second kappa shape index (κ2) is 9.27. The first-order valence-electron chi connectivity index (χ1n) is 9.39. The Labute approximate surface area is 183 Å². The van der Waals surface area contributed by atoms with Gasteiger partial charge in [-0.2, -0.15) is 31.7 Å². The average molecular weight is 468 g/mol. The zero-order valence-electron chi connectivity index (χ0n) is 16.9. The molecule has 1 atom stereocenters. The van der Waals surface area contributed by atoms with Gasteiger partial charge in [0.1, 0.15) is 11.4 Å². The minimum absolute atomic E-state index is 0.0969. The van der Waals surface area contributed by atoms with Crippen LogP contribution in [0.5, 0.6) is 5.75 Å². The molecule has 3 rings (SSSR count). The zero-order chi connectivity index (χ0) is 24.3. The normalized spacial score (nSPS) is 12.5. The third-order valence-corrected chi connectivity index (χ3v) is 4.50. The summed E-state index contributed by atoms with van der Waals surface area (Å²) < 4.78 is 69.6. The molecule has 3 N–H and O–H groups in total. The van der Waals surface area contributed by atoms with E-state index < -0.39 is 35.9 Å². The van der Waals surface area contributed by atoms with Gasteiger partial charge >= 0.3 is 12.8 Å². The highest BCUT2D eigenvalue weighted by molar-refractivity contribution is 5.92. The van der Waals surface area contributed by atoms with Gasteiger partial charge in [-0.05, 0) is 48.9 Å². The van der Waals surface area contributed by atoms with Gasteiger partial charge in [-0.25, -0.2) is 0 Å². The lowest BCUT2D eigenvalue weighted by Crippen LogP contribution is -2.31. The molecule has 1 amide bonds. The van der Waals surface area contributed by atoms with Crippen molar-refractivity contribution in [2.24, 2.45) is 0 Å². The molecule has 33 heavy (non-hydrogen) atoms. The van der Waals surface area contributed by atoms with Crippen molar-refractivity contribution in [3.8, 4) is 11.4 Å². The van der Waals surface area contributed by atoms with Gasteiger partial charge in [-0.3, -0.25) is 9.59 Å². The molecule has 3 aromatic rings. The van der Waals surface area contributed by atoms with Crippen LogP contribution in [0.1, 0.15) is 34.6 Å². The molecule has 0 bridgehead atoms. The van der Waals surface area contributed by atoms with Crippen LogP contribution in [0, 0.1) is 0 Å². The lowest BCUT2D eigenvalue weighted by molar-refractivity contribution is -0.137. The number of rotatable bonds is 6. The fourth-order valence-corrected chi connectivity index (χ4v) is 2.98. The fraction of sp³-hybridized carbons (Fsp3) is 0.190. The van der Waals surface area contributed by atoms with Gasteiger partial charge in [-0.1, -0.05) is 12.1 Å². The maximum Gasteiger partial charge on any atom is 0.416 e. The number of anilines is 1. The first kappa shape index (κ1) is 23.7. The number of aromatic nitrogens is 2. The van der Waals surface area contributed by atoms with Crippen LogP contribution in [0.2, 0.25) is 0 Å². The summed E-state index contributed by atoms with van der Waals surface area (Å²) in [7, 11) is 0. The van der Waals surface area contributed by atoms with E-state index in [9.17, 15) is 31.5 Å². The number of nitrogens with one attached hydrogen (secondary N) is 1. The largest absolute Gasteiger partial charge is 0.433 e. The van der Waals surface area contributed by atoms with Crippen molar-refractivity contribution in [2.45, 2.75) is 25.8 Å². The van der Waals surface area contributed by atoms with Crippen molar-refractivity contribution >= 4 is 11.6 Å². The number of carbonyl (C=O) groups excluding carboxylic acids is 1. The van der Waals surface area contributed by atoms with Gasteiger partial charge in [0.2, 0.25) is 0 Å². The summed E-state index contributed by atoms with van der Waals surface area (Å²) in [6, 6.07) is 9.45. The third kappa shape index (κ3) is 5.64. The molecule has 0 aliphatic rings. The Morgan fingerprint density at radius 3 is 2.48 bits per heavy atom. The van der Waals surface area contributed by atoms with Crippen molar-refractivity contribution in [1.29, 1.82) is 0 Å². The number of alkyl halides is 5. The van der Waals surface area contributed by atoms with Crippen molar-refractivity contribution in [3.05, 3.63) is 81.8 Å². The van der Waals surface area contributed by atoms with Crippen LogP contribution in [0.15, 0.2) is 59.4 Å². The molecule has 12 heteroatoms. The molecule has 0 unspecified atom stereocenters. The Morgan fingerprint density at radius 1 is 1.12 bits per heavy atom. The number of halogens is 5. The molecule has 0 radical (unpaired) electrons. The number of hydrogen-bond acceptors (Lipinski definition) is 5. The smallest absolute Gasteiger partial charge is 0.416 e. The number of amides is 1. The van der Waals surface area contributed by atoms with E-state index in [0.717, 1.165) is 24.3 Å². The molecule has 1 aromatic heterocycles. The van der Waals surface area contributed by atoms with Gasteiger partial charge in [0.25, 0.3) is 11.5 Å². The Bertz CT molecular complexity index is 1230. The monoisotopic (exact) mass is 468 g/mol. The number of hydrogen-bond donors (Lipinski definition) is 2. The average Bonchev–Trinajstić information content (AvgIpc) is 2.73. The maximum absolute atomic E-state index is 13.1. The van der Waals surface area contributed by atoms with E-state index >= 15 is 0 Å². The number of carbonyl (C=O) groups is 1. The van der Waals surface area contributed by atoms with Crippen molar-refractivity contribution in [1.82, 2.24) is 15.1 Å². The van der Waals surface area contributed by atoms with Crippen LogP contribution >= 0.6 is 0 Å². The van der Waals surface area contributed by atoms with Crippen LogP contribution in [-0.2, 0) is 6.18 Å². The molecule has 174 valence electrons. The van der Waals surface area contributed by atoms with E-state index in [2.05, 4.69) is 15.2 Å². The lowest BCUT2D eigenvalue weighted by atomic mass is 10.0. The summed E-state index contributed by atoms with van der Waals surface area (Å²) >= 11 is 0. The first-order valence-corrected chi connectivity index (χ1v) is 9.39. The summed E-state index contributed by atoms with van der Waals surface area (Å²) in [5.74, 6) is -1.16. The highest BCUT2D eigenvalue weighted by Gasteiger charge is 2.31.